The molecule has 0 bridgehead atoms. The number of nitrogens with one attached hydrogen (secondary N) is 1. The zero-order chi connectivity index (χ0) is 17.2. The number of hydrogen-bond donors (Lipinski definition) is 1. The molecule has 132 valence electrons. The fraction of sp³-hybridized carbons (Fsp3) is 0.556. The lowest BCUT2D eigenvalue weighted by atomic mass is 10.1. The van der Waals surface area contributed by atoms with Crippen LogP contribution in [0.15, 0.2) is 23.4 Å². The molecule has 0 radical (unpaired) electrons. The van der Waals surface area contributed by atoms with Crippen LogP contribution in [0.2, 0.25) is 0 Å². The highest BCUT2D eigenvalue weighted by molar-refractivity contribution is 8.00. The van der Waals surface area contributed by atoms with Gasteiger partial charge in [0, 0.05) is 5.69 Å². The number of tetrazole rings is 1. The maximum Gasteiger partial charge on any atom is 0.237 e. The van der Waals surface area contributed by atoms with Gasteiger partial charge in [0.2, 0.25) is 11.1 Å². The second-order valence-corrected chi connectivity index (χ2v) is 8.24. The van der Waals surface area contributed by atoms with Crippen molar-refractivity contribution in [1.82, 2.24) is 20.2 Å². The number of nitrogens with zero attached hydrogens (tertiary/aromatic N) is 4. The van der Waals surface area contributed by atoms with E-state index in [2.05, 4.69) is 33.0 Å². The minimum Gasteiger partial charge on any atom is -0.325 e. The molecule has 25 heavy (non-hydrogen) atoms. The lowest BCUT2D eigenvalue weighted by Crippen LogP contribution is -2.23. The SMILES string of the molecule is C[C@@H](Sc1nnnn1C1CCCC1)C(=O)Nc1ccc2c(c1)CCC2. The number of fused-ring (bicyclic) bond motifs is 1. The molecular weight excluding hydrogens is 334 g/mol. The Labute approximate surface area is 151 Å². The third-order valence-corrected chi connectivity index (χ3v) is 6.20. The van der Waals surface area contributed by atoms with Gasteiger partial charge in [-0.3, -0.25) is 4.79 Å². The van der Waals surface area contributed by atoms with Crippen LogP contribution in [-0.2, 0) is 17.6 Å². The Morgan fingerprint density at radius 3 is 2.88 bits per heavy atom. The van der Waals surface area contributed by atoms with Crippen LogP contribution in [0.5, 0.6) is 0 Å². The number of benzene rings is 1. The standard InChI is InChI=1S/C18H23N5OS/c1-12(25-18-20-21-22-23(18)16-7-2-3-8-16)17(24)19-15-10-9-13-5-4-6-14(13)11-15/h9-12,16H,2-8H2,1H3,(H,19,24)/t12-/m1/s1. The second-order valence-electron chi connectivity index (χ2n) is 6.93. The summed E-state index contributed by atoms with van der Waals surface area (Å²) in [6.07, 6.45) is 8.16. The summed E-state index contributed by atoms with van der Waals surface area (Å²) in [6, 6.07) is 6.63. The molecule has 7 heteroatoms. The summed E-state index contributed by atoms with van der Waals surface area (Å²) in [5.41, 5.74) is 3.66. The molecule has 1 aromatic carbocycles. The van der Waals surface area contributed by atoms with Crippen molar-refractivity contribution in [3.8, 4) is 0 Å². The van der Waals surface area contributed by atoms with Crippen molar-refractivity contribution in [2.45, 2.75) is 68.3 Å². The number of carbonyl (C=O) groups excluding carboxylic acids is 1. The minimum absolute atomic E-state index is 0.0103. The second kappa shape index (κ2) is 7.15. The zero-order valence-electron chi connectivity index (χ0n) is 14.4. The van der Waals surface area contributed by atoms with E-state index >= 15 is 0 Å². The van der Waals surface area contributed by atoms with E-state index in [1.165, 1.54) is 42.2 Å². The van der Waals surface area contributed by atoms with Crippen LogP contribution in [0.1, 0.15) is 56.2 Å². The Hall–Kier alpha value is -1.89. The summed E-state index contributed by atoms with van der Waals surface area (Å²) in [6.45, 7) is 1.90. The number of aromatic nitrogens is 4. The van der Waals surface area contributed by atoms with Gasteiger partial charge in [-0.05, 0) is 72.7 Å². The van der Waals surface area contributed by atoms with E-state index < -0.39 is 0 Å². The molecule has 0 unspecified atom stereocenters. The fourth-order valence-electron chi connectivity index (χ4n) is 3.75. The predicted octanol–water partition coefficient (Wildman–Crippen LogP) is 3.40. The van der Waals surface area contributed by atoms with E-state index in [0.29, 0.717) is 6.04 Å². The average Bonchev–Trinajstić information content (AvgIpc) is 3.35. The minimum atomic E-state index is -0.251. The van der Waals surface area contributed by atoms with Gasteiger partial charge in [0.1, 0.15) is 0 Å². The molecule has 2 aliphatic rings. The van der Waals surface area contributed by atoms with Crippen LogP contribution in [0.4, 0.5) is 5.69 Å². The molecule has 1 atom stereocenters. The van der Waals surface area contributed by atoms with Gasteiger partial charge in [-0.1, -0.05) is 30.7 Å². The first kappa shape index (κ1) is 16.6. The van der Waals surface area contributed by atoms with E-state index in [1.807, 2.05) is 17.7 Å². The number of anilines is 1. The van der Waals surface area contributed by atoms with E-state index in [1.54, 1.807) is 0 Å². The number of carbonyl (C=O) groups is 1. The lowest BCUT2D eigenvalue weighted by molar-refractivity contribution is -0.115. The third-order valence-electron chi connectivity index (χ3n) is 5.15. The number of rotatable bonds is 5. The van der Waals surface area contributed by atoms with Crippen molar-refractivity contribution in [2.75, 3.05) is 5.32 Å². The number of hydrogen-bond acceptors (Lipinski definition) is 5. The maximum absolute atomic E-state index is 12.6. The Bertz CT molecular complexity index is 769. The Balaban J connectivity index is 1.40. The van der Waals surface area contributed by atoms with E-state index in [0.717, 1.165) is 36.5 Å². The molecule has 1 heterocycles. The molecule has 2 aromatic rings. The average molecular weight is 357 g/mol. The first-order valence-corrected chi connectivity index (χ1v) is 9.96. The van der Waals surface area contributed by atoms with Crippen LogP contribution in [0.3, 0.4) is 0 Å². The summed E-state index contributed by atoms with van der Waals surface area (Å²) in [5, 5.41) is 15.6. The number of thioether (sulfide) groups is 1. The molecule has 6 nitrogen and oxygen atoms in total. The van der Waals surface area contributed by atoms with Crippen LogP contribution in [-0.4, -0.2) is 31.4 Å². The van der Waals surface area contributed by atoms with Crippen molar-refractivity contribution in [2.24, 2.45) is 0 Å². The quantitative estimate of drug-likeness (QED) is 0.830. The molecule has 1 N–H and O–H groups in total. The summed E-state index contributed by atoms with van der Waals surface area (Å²) in [4.78, 5) is 12.6. The number of aryl methyl sites for hydroxylation is 2. The van der Waals surface area contributed by atoms with Crippen molar-refractivity contribution in [3.05, 3.63) is 29.3 Å². The molecule has 1 aromatic heterocycles. The smallest absolute Gasteiger partial charge is 0.237 e. The van der Waals surface area contributed by atoms with Gasteiger partial charge in [-0.15, -0.1) is 5.10 Å². The van der Waals surface area contributed by atoms with Crippen LogP contribution >= 0.6 is 11.8 Å². The zero-order valence-corrected chi connectivity index (χ0v) is 15.3. The monoisotopic (exact) mass is 357 g/mol. The molecule has 0 aliphatic heterocycles. The lowest BCUT2D eigenvalue weighted by Gasteiger charge is -2.14. The number of amides is 1. The summed E-state index contributed by atoms with van der Waals surface area (Å²) >= 11 is 1.43. The molecule has 1 saturated carbocycles. The van der Waals surface area contributed by atoms with Gasteiger partial charge in [0.25, 0.3) is 0 Å². The highest BCUT2D eigenvalue weighted by Crippen LogP contribution is 2.32. The van der Waals surface area contributed by atoms with Crippen LogP contribution in [0.25, 0.3) is 0 Å². The largest absolute Gasteiger partial charge is 0.325 e. The van der Waals surface area contributed by atoms with Gasteiger partial charge in [0.05, 0.1) is 11.3 Å². The highest BCUT2D eigenvalue weighted by atomic mass is 32.2. The molecule has 0 saturated heterocycles. The highest BCUT2D eigenvalue weighted by Gasteiger charge is 2.25. The fourth-order valence-corrected chi connectivity index (χ4v) is 4.61. The van der Waals surface area contributed by atoms with Gasteiger partial charge in [-0.25, -0.2) is 4.68 Å². The molecule has 1 fully saturated rings. The van der Waals surface area contributed by atoms with Crippen LogP contribution < -0.4 is 5.32 Å². The van der Waals surface area contributed by atoms with E-state index in [9.17, 15) is 4.79 Å². The Morgan fingerprint density at radius 2 is 2.04 bits per heavy atom. The normalized spacial score (nSPS) is 18.3. The molecule has 0 spiro atoms. The summed E-state index contributed by atoms with van der Waals surface area (Å²) in [5.74, 6) is -0.0103. The molecule has 2 aliphatic carbocycles. The Morgan fingerprint density at radius 1 is 1.24 bits per heavy atom. The summed E-state index contributed by atoms with van der Waals surface area (Å²) in [7, 11) is 0. The molecule has 1 amide bonds. The predicted molar refractivity (Wildman–Crippen MR) is 97.7 cm³/mol. The van der Waals surface area contributed by atoms with E-state index in [4.69, 9.17) is 0 Å². The van der Waals surface area contributed by atoms with Gasteiger partial charge >= 0.3 is 0 Å². The maximum atomic E-state index is 12.6. The van der Waals surface area contributed by atoms with Gasteiger partial charge in [0.15, 0.2) is 0 Å². The first-order valence-electron chi connectivity index (χ1n) is 9.08. The van der Waals surface area contributed by atoms with Crippen molar-refractivity contribution in [3.63, 3.8) is 0 Å². The third kappa shape index (κ3) is 3.56. The van der Waals surface area contributed by atoms with Crippen molar-refractivity contribution < 1.29 is 4.79 Å². The summed E-state index contributed by atoms with van der Waals surface area (Å²) < 4.78 is 1.90. The first-order chi connectivity index (χ1) is 12.2. The van der Waals surface area contributed by atoms with E-state index in [-0.39, 0.29) is 11.2 Å². The topological polar surface area (TPSA) is 72.7 Å². The molecule has 4 rings (SSSR count). The molecular formula is C18H23N5OS. The van der Waals surface area contributed by atoms with Crippen molar-refractivity contribution >= 4 is 23.4 Å². The van der Waals surface area contributed by atoms with Crippen molar-refractivity contribution in [1.29, 1.82) is 0 Å². The van der Waals surface area contributed by atoms with Crippen LogP contribution in [0, 0.1) is 0 Å². The Kier molecular flexibility index (Phi) is 4.74. The van der Waals surface area contributed by atoms with Gasteiger partial charge in [-0.2, -0.15) is 0 Å². The van der Waals surface area contributed by atoms with Gasteiger partial charge < -0.3 is 5.32 Å².